The molecule has 0 spiro atoms. The van der Waals surface area contributed by atoms with Gasteiger partial charge in [-0.1, -0.05) is 54.6 Å². The second-order valence-corrected chi connectivity index (χ2v) is 8.82. The Hall–Kier alpha value is -3.53. The van der Waals surface area contributed by atoms with E-state index in [2.05, 4.69) is 18.2 Å². The van der Waals surface area contributed by atoms with Gasteiger partial charge in [-0.05, 0) is 73.4 Å². The van der Waals surface area contributed by atoms with Crippen LogP contribution in [-0.4, -0.2) is 22.2 Å². The van der Waals surface area contributed by atoms with Crippen molar-refractivity contribution in [3.05, 3.63) is 89.1 Å². The number of para-hydroxylation sites is 1. The molecule has 0 radical (unpaired) electrons. The quantitative estimate of drug-likeness (QED) is 0.328. The van der Waals surface area contributed by atoms with Gasteiger partial charge in [-0.25, -0.2) is 4.79 Å². The molecular weight excluding hydrogens is 410 g/mol. The highest BCUT2D eigenvalue weighted by atomic mass is 16.5. The molecule has 1 heterocycles. The number of benzene rings is 3. The van der Waals surface area contributed by atoms with Crippen LogP contribution < -0.4 is 4.74 Å². The molecule has 4 aromatic rings. The lowest BCUT2D eigenvalue weighted by molar-refractivity contribution is 0.0686. The zero-order valence-corrected chi connectivity index (χ0v) is 19.0. The molecule has 0 fully saturated rings. The van der Waals surface area contributed by atoms with Gasteiger partial charge in [0.1, 0.15) is 11.4 Å². The fourth-order valence-electron chi connectivity index (χ4n) is 5.17. The molecule has 168 valence electrons. The van der Waals surface area contributed by atoms with E-state index >= 15 is 0 Å². The van der Waals surface area contributed by atoms with Gasteiger partial charge in [-0.15, -0.1) is 0 Å². The molecule has 0 amide bonds. The number of aromatic nitrogens is 1. The lowest BCUT2D eigenvalue weighted by Gasteiger charge is -2.19. The van der Waals surface area contributed by atoms with Crippen molar-refractivity contribution in [2.75, 3.05) is 6.61 Å². The summed E-state index contributed by atoms with van der Waals surface area (Å²) in [7, 11) is 0. The van der Waals surface area contributed by atoms with Crippen LogP contribution in [0.5, 0.6) is 5.75 Å². The van der Waals surface area contributed by atoms with Crippen molar-refractivity contribution in [3.63, 3.8) is 0 Å². The second kappa shape index (κ2) is 9.14. The Bertz CT molecular complexity index is 1320. The van der Waals surface area contributed by atoms with E-state index in [0.29, 0.717) is 18.8 Å². The van der Waals surface area contributed by atoms with Gasteiger partial charge >= 0.3 is 5.97 Å². The van der Waals surface area contributed by atoms with Crippen molar-refractivity contribution in [2.24, 2.45) is 0 Å². The molecule has 1 aliphatic carbocycles. The first-order valence-corrected chi connectivity index (χ1v) is 11.8. The number of fused-ring (bicyclic) bond motifs is 2. The molecule has 4 heteroatoms. The number of nitrogens with zero attached hydrogens (tertiary/aromatic N) is 1. The number of aryl methyl sites for hydroxylation is 3. The summed E-state index contributed by atoms with van der Waals surface area (Å²) in [5.41, 5.74) is 6.90. The molecule has 1 aliphatic rings. The van der Waals surface area contributed by atoms with Crippen LogP contribution in [0.15, 0.2) is 66.7 Å². The highest BCUT2D eigenvalue weighted by Crippen LogP contribution is 2.37. The van der Waals surface area contributed by atoms with Crippen molar-refractivity contribution in [3.8, 4) is 16.9 Å². The van der Waals surface area contributed by atoms with Crippen LogP contribution in [0.4, 0.5) is 0 Å². The molecule has 0 aliphatic heterocycles. The minimum Gasteiger partial charge on any atom is -0.493 e. The summed E-state index contributed by atoms with van der Waals surface area (Å²) < 4.78 is 8.14. The first-order valence-electron chi connectivity index (χ1n) is 11.8. The largest absolute Gasteiger partial charge is 0.493 e. The second-order valence-electron chi connectivity index (χ2n) is 8.82. The van der Waals surface area contributed by atoms with Gasteiger partial charge in [-0.2, -0.15) is 0 Å². The van der Waals surface area contributed by atoms with Gasteiger partial charge in [0.05, 0.1) is 6.61 Å². The van der Waals surface area contributed by atoms with E-state index < -0.39 is 5.97 Å². The molecule has 0 atom stereocenters. The summed E-state index contributed by atoms with van der Waals surface area (Å²) in [6, 6.07) is 22.3. The van der Waals surface area contributed by atoms with E-state index in [0.717, 1.165) is 52.6 Å². The maximum atomic E-state index is 12.5. The van der Waals surface area contributed by atoms with E-state index in [9.17, 15) is 9.90 Å². The minimum absolute atomic E-state index is 0.350. The summed E-state index contributed by atoms with van der Waals surface area (Å²) in [6.07, 6.45) is 5.41. The monoisotopic (exact) mass is 439 g/mol. The first kappa shape index (κ1) is 21.3. The third-order valence-electron chi connectivity index (χ3n) is 6.72. The molecule has 4 nitrogen and oxygen atoms in total. The smallest absolute Gasteiger partial charge is 0.353 e. The fraction of sp³-hybridized carbons (Fsp3) is 0.276. The van der Waals surface area contributed by atoms with Crippen LogP contribution in [0.1, 0.15) is 46.4 Å². The molecule has 1 aromatic heterocycles. The number of rotatable bonds is 7. The Morgan fingerprint density at radius 1 is 0.970 bits per heavy atom. The Morgan fingerprint density at radius 3 is 2.61 bits per heavy atom. The topological polar surface area (TPSA) is 51.5 Å². The third kappa shape index (κ3) is 4.02. The Morgan fingerprint density at radius 2 is 1.76 bits per heavy atom. The number of carbonyl (C=O) groups is 1. The number of carboxylic acids is 1. The lowest BCUT2D eigenvalue weighted by Crippen LogP contribution is -2.13. The molecule has 3 aromatic carbocycles. The predicted octanol–water partition coefficient (Wildman–Crippen LogP) is 6.66. The molecule has 5 rings (SSSR count). The number of hydrogen-bond donors (Lipinski definition) is 1. The summed E-state index contributed by atoms with van der Waals surface area (Å²) >= 11 is 0. The van der Waals surface area contributed by atoms with E-state index in [-0.39, 0.29) is 0 Å². The normalized spacial score (nSPS) is 13.1. The van der Waals surface area contributed by atoms with Crippen LogP contribution in [0.3, 0.4) is 0 Å². The predicted molar refractivity (Wildman–Crippen MR) is 132 cm³/mol. The van der Waals surface area contributed by atoms with Crippen molar-refractivity contribution in [2.45, 2.75) is 45.6 Å². The van der Waals surface area contributed by atoms with Gasteiger partial charge in [0.15, 0.2) is 0 Å². The SMILES string of the molecule is Cc1ccccc1-c1c(C(=O)O)n(CCCOc2cccc3c2CCCC3)c2ccccc12. The molecule has 1 N–H and O–H groups in total. The highest BCUT2D eigenvalue weighted by Gasteiger charge is 2.24. The highest BCUT2D eigenvalue weighted by molar-refractivity contribution is 6.08. The van der Waals surface area contributed by atoms with Gasteiger partial charge in [0.2, 0.25) is 0 Å². The fourth-order valence-corrected chi connectivity index (χ4v) is 5.17. The Balaban J connectivity index is 1.44. The van der Waals surface area contributed by atoms with Gasteiger partial charge < -0.3 is 14.4 Å². The maximum Gasteiger partial charge on any atom is 0.353 e. The van der Waals surface area contributed by atoms with Crippen LogP contribution in [-0.2, 0) is 19.4 Å². The first-order chi connectivity index (χ1) is 16.1. The number of carboxylic acid groups (broad SMARTS) is 1. The number of hydrogen-bond acceptors (Lipinski definition) is 2. The number of aromatic carboxylic acids is 1. The summed E-state index contributed by atoms with van der Waals surface area (Å²) in [5.74, 6) is 0.0890. The molecule has 0 saturated carbocycles. The average Bonchev–Trinajstić information content (AvgIpc) is 3.16. The summed E-state index contributed by atoms with van der Waals surface area (Å²) in [6.45, 7) is 3.17. The van der Waals surface area contributed by atoms with Crippen LogP contribution >= 0.6 is 0 Å². The minimum atomic E-state index is -0.900. The lowest BCUT2D eigenvalue weighted by atomic mass is 9.91. The van der Waals surface area contributed by atoms with Gasteiger partial charge in [0, 0.05) is 23.0 Å². The van der Waals surface area contributed by atoms with Crippen molar-refractivity contribution in [1.82, 2.24) is 4.57 Å². The van der Waals surface area contributed by atoms with E-state index in [1.54, 1.807) is 0 Å². The number of ether oxygens (including phenoxy) is 1. The molecule has 33 heavy (non-hydrogen) atoms. The zero-order chi connectivity index (χ0) is 22.8. The molecule has 0 unspecified atom stereocenters. The average molecular weight is 440 g/mol. The molecular formula is C29H29NO3. The van der Waals surface area contributed by atoms with Gasteiger partial charge in [0.25, 0.3) is 0 Å². The van der Waals surface area contributed by atoms with Crippen molar-refractivity contribution >= 4 is 16.9 Å². The van der Waals surface area contributed by atoms with Crippen LogP contribution in [0.2, 0.25) is 0 Å². The van der Waals surface area contributed by atoms with E-state index in [1.807, 2.05) is 60.0 Å². The van der Waals surface area contributed by atoms with Gasteiger partial charge in [-0.3, -0.25) is 0 Å². The van der Waals surface area contributed by atoms with Crippen molar-refractivity contribution in [1.29, 1.82) is 0 Å². The zero-order valence-electron chi connectivity index (χ0n) is 19.0. The standard InChI is InChI=1S/C29H29NO3/c1-20-10-2-4-13-22(20)27-24-15-6-7-16-25(24)30(28(27)29(31)32)18-9-19-33-26-17-8-12-21-11-3-5-14-23(21)26/h2,4,6-8,10,12-13,15-17H,3,5,9,11,14,18-19H2,1H3,(H,31,32). The maximum absolute atomic E-state index is 12.5. The Labute approximate surface area is 194 Å². The molecule has 0 saturated heterocycles. The summed E-state index contributed by atoms with van der Waals surface area (Å²) in [5, 5.41) is 11.2. The van der Waals surface area contributed by atoms with Crippen LogP contribution in [0, 0.1) is 6.92 Å². The van der Waals surface area contributed by atoms with Crippen molar-refractivity contribution < 1.29 is 14.6 Å². The van der Waals surface area contributed by atoms with E-state index in [1.165, 1.54) is 24.0 Å². The van der Waals surface area contributed by atoms with Crippen LogP contribution in [0.25, 0.3) is 22.0 Å². The van der Waals surface area contributed by atoms with E-state index in [4.69, 9.17) is 4.74 Å². The third-order valence-corrected chi connectivity index (χ3v) is 6.72. The Kier molecular flexibility index (Phi) is 5.91. The molecule has 0 bridgehead atoms. The summed E-state index contributed by atoms with van der Waals surface area (Å²) in [4.78, 5) is 12.5.